The molecule has 138 valence electrons. The summed E-state index contributed by atoms with van der Waals surface area (Å²) in [6.45, 7) is 5.34. The molecule has 1 aromatic heterocycles. The van der Waals surface area contributed by atoms with Gasteiger partial charge in [-0.2, -0.15) is 4.39 Å². The molecule has 2 aromatic rings. The molecule has 0 fully saturated rings. The van der Waals surface area contributed by atoms with Gasteiger partial charge in [-0.1, -0.05) is 12.1 Å². The van der Waals surface area contributed by atoms with E-state index in [-0.39, 0.29) is 36.4 Å². The van der Waals surface area contributed by atoms with Crippen LogP contribution in [-0.4, -0.2) is 30.1 Å². The lowest BCUT2D eigenvalue weighted by atomic mass is 9.93. The molecule has 7 heteroatoms. The van der Waals surface area contributed by atoms with Crippen LogP contribution in [0.4, 0.5) is 10.1 Å². The average Bonchev–Trinajstić information content (AvgIpc) is 2.55. The maximum Gasteiger partial charge on any atom is 0.338 e. The smallest absolute Gasteiger partial charge is 0.338 e. The normalized spacial score (nSPS) is 10.5. The zero-order chi connectivity index (χ0) is 19.3. The van der Waals surface area contributed by atoms with Gasteiger partial charge in [-0.15, -0.1) is 0 Å². The lowest BCUT2D eigenvalue weighted by molar-refractivity contribution is -0.142. The Kier molecular flexibility index (Phi) is 6.27. The number of carbonyl (C=O) groups excluding carboxylic acids is 2. The number of hydrogen-bond acceptors (Lipinski definition) is 6. The van der Waals surface area contributed by atoms with E-state index < -0.39 is 17.9 Å². The third kappa shape index (κ3) is 4.17. The molecule has 2 rings (SSSR count). The van der Waals surface area contributed by atoms with Crippen LogP contribution in [0.2, 0.25) is 0 Å². The van der Waals surface area contributed by atoms with Gasteiger partial charge in [0.05, 0.1) is 30.8 Å². The van der Waals surface area contributed by atoms with E-state index in [0.717, 1.165) is 0 Å². The van der Waals surface area contributed by atoms with Crippen LogP contribution in [0.3, 0.4) is 0 Å². The minimum Gasteiger partial charge on any atom is -0.466 e. The molecule has 0 saturated heterocycles. The number of nitrogen functional groups attached to an aromatic ring is 1. The van der Waals surface area contributed by atoms with Crippen LogP contribution in [0.15, 0.2) is 24.3 Å². The Morgan fingerprint density at radius 2 is 1.88 bits per heavy atom. The monoisotopic (exact) mass is 360 g/mol. The molecule has 1 aromatic carbocycles. The van der Waals surface area contributed by atoms with Gasteiger partial charge in [0.1, 0.15) is 0 Å². The first kappa shape index (κ1) is 19.4. The number of pyridine rings is 1. The summed E-state index contributed by atoms with van der Waals surface area (Å²) in [5, 5.41) is 0. The van der Waals surface area contributed by atoms with Crippen molar-refractivity contribution >= 4 is 17.6 Å². The lowest BCUT2D eigenvalue weighted by Gasteiger charge is -2.16. The third-order valence-electron chi connectivity index (χ3n) is 3.70. The van der Waals surface area contributed by atoms with Crippen LogP contribution in [-0.2, 0) is 20.7 Å². The summed E-state index contributed by atoms with van der Waals surface area (Å²) in [5.41, 5.74) is 7.39. The number of esters is 2. The standard InChI is InChI=1S/C19H21FN2O4/c1-4-25-16(23)10-14-12(7-6-8-13(14)19(24)26-5-2)17-15(21)9-11(3)22-18(17)20/h6-9H,4-5,10H2,1-3H3,(H2,21,22). The molecule has 0 atom stereocenters. The van der Waals surface area contributed by atoms with Gasteiger partial charge in [-0.3, -0.25) is 4.79 Å². The number of aryl methyl sites for hydroxylation is 1. The van der Waals surface area contributed by atoms with Crippen molar-refractivity contribution in [3.63, 3.8) is 0 Å². The van der Waals surface area contributed by atoms with E-state index in [1.165, 1.54) is 12.1 Å². The highest BCUT2D eigenvalue weighted by Crippen LogP contribution is 2.33. The number of rotatable bonds is 6. The van der Waals surface area contributed by atoms with Crippen molar-refractivity contribution in [1.82, 2.24) is 4.98 Å². The fourth-order valence-electron chi connectivity index (χ4n) is 2.69. The van der Waals surface area contributed by atoms with Crippen molar-refractivity contribution in [2.75, 3.05) is 18.9 Å². The number of nitrogens with zero attached hydrogens (tertiary/aromatic N) is 1. The Labute approximate surface area is 151 Å². The van der Waals surface area contributed by atoms with Crippen molar-refractivity contribution in [3.8, 4) is 11.1 Å². The number of carbonyl (C=O) groups is 2. The second kappa shape index (κ2) is 8.42. The molecule has 0 aliphatic carbocycles. The maximum atomic E-state index is 14.5. The highest BCUT2D eigenvalue weighted by atomic mass is 19.1. The summed E-state index contributed by atoms with van der Waals surface area (Å²) in [7, 11) is 0. The van der Waals surface area contributed by atoms with Crippen LogP contribution in [0.5, 0.6) is 0 Å². The summed E-state index contributed by atoms with van der Waals surface area (Å²) in [6, 6.07) is 6.22. The van der Waals surface area contributed by atoms with Crippen LogP contribution in [0.1, 0.15) is 35.5 Å². The summed E-state index contributed by atoms with van der Waals surface area (Å²) < 4.78 is 24.5. The van der Waals surface area contributed by atoms with E-state index in [2.05, 4.69) is 4.98 Å². The van der Waals surface area contributed by atoms with Gasteiger partial charge in [0.25, 0.3) is 0 Å². The molecule has 26 heavy (non-hydrogen) atoms. The van der Waals surface area contributed by atoms with Gasteiger partial charge in [0, 0.05) is 11.4 Å². The van der Waals surface area contributed by atoms with Crippen LogP contribution >= 0.6 is 0 Å². The van der Waals surface area contributed by atoms with E-state index in [1.807, 2.05) is 0 Å². The maximum absolute atomic E-state index is 14.5. The molecular formula is C19H21FN2O4. The van der Waals surface area contributed by atoms with Gasteiger partial charge in [0.15, 0.2) is 0 Å². The minimum absolute atomic E-state index is 0.0426. The molecule has 0 bridgehead atoms. The van der Waals surface area contributed by atoms with Gasteiger partial charge in [0.2, 0.25) is 5.95 Å². The number of ether oxygens (including phenoxy) is 2. The third-order valence-corrected chi connectivity index (χ3v) is 3.70. The van der Waals surface area contributed by atoms with E-state index in [0.29, 0.717) is 16.8 Å². The number of halogens is 1. The van der Waals surface area contributed by atoms with E-state index >= 15 is 0 Å². The SMILES string of the molecule is CCOC(=O)Cc1c(C(=O)OCC)cccc1-c1c(N)cc(C)nc1F. The Hall–Kier alpha value is -2.96. The predicted octanol–water partition coefficient (Wildman–Crippen LogP) is 3.06. The second-order valence-corrected chi connectivity index (χ2v) is 5.55. The molecule has 0 spiro atoms. The highest BCUT2D eigenvalue weighted by molar-refractivity contribution is 5.96. The molecule has 0 amide bonds. The first-order valence-electron chi connectivity index (χ1n) is 8.26. The molecule has 0 unspecified atom stereocenters. The molecule has 2 N–H and O–H groups in total. The number of nitrogens with two attached hydrogens (primary N) is 1. The van der Waals surface area contributed by atoms with Gasteiger partial charge in [-0.25, -0.2) is 9.78 Å². The first-order valence-corrected chi connectivity index (χ1v) is 8.26. The molecule has 0 aliphatic heterocycles. The van der Waals surface area contributed by atoms with Crippen molar-refractivity contribution in [3.05, 3.63) is 47.0 Å². The highest BCUT2D eigenvalue weighted by Gasteiger charge is 2.23. The van der Waals surface area contributed by atoms with Gasteiger partial charge in [-0.05, 0) is 44.0 Å². The number of anilines is 1. The zero-order valence-electron chi connectivity index (χ0n) is 15.0. The second-order valence-electron chi connectivity index (χ2n) is 5.55. The van der Waals surface area contributed by atoms with Crippen molar-refractivity contribution in [2.24, 2.45) is 0 Å². The topological polar surface area (TPSA) is 91.5 Å². The Morgan fingerprint density at radius 3 is 2.50 bits per heavy atom. The van der Waals surface area contributed by atoms with Gasteiger partial charge < -0.3 is 15.2 Å². The van der Waals surface area contributed by atoms with Crippen molar-refractivity contribution in [1.29, 1.82) is 0 Å². The lowest BCUT2D eigenvalue weighted by Crippen LogP contribution is -2.15. The average molecular weight is 360 g/mol. The van der Waals surface area contributed by atoms with Gasteiger partial charge >= 0.3 is 11.9 Å². The van der Waals surface area contributed by atoms with E-state index in [1.54, 1.807) is 32.9 Å². The molecule has 0 radical (unpaired) electrons. The van der Waals surface area contributed by atoms with Crippen LogP contribution < -0.4 is 5.73 Å². The summed E-state index contributed by atoms with van der Waals surface area (Å²) in [5.74, 6) is -1.91. The fraction of sp³-hybridized carbons (Fsp3) is 0.316. The fourth-order valence-corrected chi connectivity index (χ4v) is 2.69. The van der Waals surface area contributed by atoms with Crippen LogP contribution in [0.25, 0.3) is 11.1 Å². The summed E-state index contributed by atoms with van der Waals surface area (Å²) in [6.07, 6.45) is -0.217. The number of benzene rings is 1. The molecule has 1 heterocycles. The summed E-state index contributed by atoms with van der Waals surface area (Å²) in [4.78, 5) is 28.1. The Balaban J connectivity index is 2.67. The Bertz CT molecular complexity index is 813. The van der Waals surface area contributed by atoms with Crippen molar-refractivity contribution in [2.45, 2.75) is 27.2 Å². The van der Waals surface area contributed by atoms with E-state index in [9.17, 15) is 14.0 Å². The zero-order valence-corrected chi connectivity index (χ0v) is 15.0. The molecule has 0 aliphatic rings. The Morgan fingerprint density at radius 1 is 1.19 bits per heavy atom. The predicted molar refractivity (Wildman–Crippen MR) is 95.1 cm³/mol. The quantitative estimate of drug-likeness (QED) is 0.629. The summed E-state index contributed by atoms with van der Waals surface area (Å²) >= 11 is 0. The van der Waals surface area contributed by atoms with E-state index in [4.69, 9.17) is 15.2 Å². The number of hydrogen-bond donors (Lipinski definition) is 1. The molecule has 6 nitrogen and oxygen atoms in total. The largest absolute Gasteiger partial charge is 0.466 e. The van der Waals surface area contributed by atoms with Crippen LogP contribution in [0, 0.1) is 12.9 Å². The number of aromatic nitrogens is 1. The van der Waals surface area contributed by atoms with Crippen molar-refractivity contribution < 1.29 is 23.5 Å². The molecular weight excluding hydrogens is 339 g/mol. The minimum atomic E-state index is -0.770. The molecule has 0 saturated carbocycles. The first-order chi connectivity index (χ1) is 12.4.